The molecule has 19 heavy (non-hydrogen) atoms. The monoisotopic (exact) mass is 292 g/mol. The van der Waals surface area contributed by atoms with E-state index in [0.29, 0.717) is 10.0 Å². The second-order valence-corrected chi connectivity index (χ2v) is 5.93. The second-order valence-electron chi connectivity index (χ2n) is 5.09. The maximum Gasteiger partial charge on any atom is 0.0901 e. The van der Waals surface area contributed by atoms with Crippen LogP contribution < -0.4 is 0 Å². The maximum absolute atomic E-state index is 10.7. The molecule has 1 unspecified atom stereocenters. The number of hydrogen-bond acceptors (Lipinski definition) is 1. The van der Waals surface area contributed by atoms with E-state index in [-0.39, 0.29) is 5.41 Å². The molecule has 1 atom stereocenters. The van der Waals surface area contributed by atoms with Crippen molar-refractivity contribution in [3.63, 3.8) is 0 Å². The first-order valence-corrected chi connectivity index (χ1v) is 7.08. The van der Waals surface area contributed by atoms with Gasteiger partial charge in [0.15, 0.2) is 0 Å². The molecule has 1 nitrogen and oxygen atoms in total. The molecule has 1 saturated carbocycles. The maximum atomic E-state index is 10.7. The smallest absolute Gasteiger partial charge is 0.0901 e. The molecular weight excluding hydrogens is 279 g/mol. The Labute approximate surface area is 122 Å². The summed E-state index contributed by atoms with van der Waals surface area (Å²) in [7, 11) is 0. The largest absolute Gasteiger partial charge is 0.387 e. The Kier molecular flexibility index (Phi) is 3.30. The average molecular weight is 293 g/mol. The van der Waals surface area contributed by atoms with Crippen LogP contribution in [0.15, 0.2) is 48.5 Å². The summed E-state index contributed by atoms with van der Waals surface area (Å²) in [5.41, 5.74) is 1.68. The van der Waals surface area contributed by atoms with E-state index in [2.05, 4.69) is 12.1 Å². The highest BCUT2D eigenvalue weighted by Crippen LogP contribution is 2.57. The molecule has 0 heterocycles. The Bertz CT molecular complexity index is 591. The Morgan fingerprint density at radius 1 is 1.00 bits per heavy atom. The SMILES string of the molecule is OC(c1cc(Cl)ccc1Cl)C1(c2ccccc2)CC1. The Balaban J connectivity index is 2.00. The van der Waals surface area contributed by atoms with Crippen molar-refractivity contribution < 1.29 is 5.11 Å². The predicted molar refractivity (Wildman–Crippen MR) is 78.8 cm³/mol. The molecule has 0 radical (unpaired) electrons. The molecule has 0 aromatic heterocycles. The molecule has 1 N–H and O–H groups in total. The molecule has 0 spiro atoms. The summed E-state index contributed by atoms with van der Waals surface area (Å²) in [6.07, 6.45) is 1.34. The van der Waals surface area contributed by atoms with Gasteiger partial charge in [-0.25, -0.2) is 0 Å². The average Bonchev–Trinajstić information content (AvgIpc) is 3.23. The van der Waals surface area contributed by atoms with Crippen molar-refractivity contribution in [3.05, 3.63) is 69.7 Å². The fourth-order valence-corrected chi connectivity index (χ4v) is 3.05. The molecule has 0 aliphatic heterocycles. The lowest BCUT2D eigenvalue weighted by atomic mass is 9.86. The first-order chi connectivity index (χ1) is 9.13. The van der Waals surface area contributed by atoms with Crippen LogP contribution in [0.2, 0.25) is 10.0 Å². The summed E-state index contributed by atoms with van der Waals surface area (Å²) in [5.74, 6) is 0. The van der Waals surface area contributed by atoms with Crippen molar-refractivity contribution in [2.45, 2.75) is 24.4 Å². The topological polar surface area (TPSA) is 20.2 Å². The van der Waals surface area contributed by atoms with Crippen LogP contribution >= 0.6 is 23.2 Å². The summed E-state index contributed by atoms with van der Waals surface area (Å²) in [6.45, 7) is 0. The van der Waals surface area contributed by atoms with Gasteiger partial charge in [0.05, 0.1) is 6.10 Å². The van der Waals surface area contributed by atoms with Gasteiger partial charge in [-0.2, -0.15) is 0 Å². The number of benzene rings is 2. The van der Waals surface area contributed by atoms with Crippen LogP contribution in [0.1, 0.15) is 30.1 Å². The molecule has 3 heteroatoms. The summed E-state index contributed by atoms with van der Waals surface area (Å²) < 4.78 is 0. The Morgan fingerprint density at radius 3 is 2.32 bits per heavy atom. The van der Waals surface area contributed by atoms with Crippen LogP contribution in [0, 0.1) is 0 Å². The normalized spacial score (nSPS) is 18.1. The van der Waals surface area contributed by atoms with Gasteiger partial charge in [0.2, 0.25) is 0 Å². The lowest BCUT2D eigenvalue weighted by molar-refractivity contribution is 0.133. The van der Waals surface area contributed by atoms with Gasteiger partial charge in [-0.1, -0.05) is 53.5 Å². The van der Waals surface area contributed by atoms with Crippen molar-refractivity contribution in [2.24, 2.45) is 0 Å². The lowest BCUT2D eigenvalue weighted by Gasteiger charge is -2.24. The van der Waals surface area contributed by atoms with E-state index in [0.717, 1.165) is 18.4 Å². The summed E-state index contributed by atoms with van der Waals surface area (Å²) in [6, 6.07) is 15.4. The molecule has 2 aromatic carbocycles. The molecule has 2 aromatic rings. The fourth-order valence-electron chi connectivity index (χ4n) is 2.65. The van der Waals surface area contributed by atoms with Gasteiger partial charge in [-0.05, 0) is 36.6 Å². The van der Waals surface area contributed by atoms with Crippen LogP contribution in [-0.4, -0.2) is 5.11 Å². The van der Waals surface area contributed by atoms with Crippen LogP contribution in [-0.2, 0) is 5.41 Å². The molecule has 0 bridgehead atoms. The van der Waals surface area contributed by atoms with Crippen LogP contribution in [0.4, 0.5) is 0 Å². The molecule has 1 aliphatic carbocycles. The molecule has 1 aliphatic rings. The van der Waals surface area contributed by atoms with Crippen LogP contribution in [0.3, 0.4) is 0 Å². The van der Waals surface area contributed by atoms with Gasteiger partial charge in [0, 0.05) is 21.0 Å². The van der Waals surface area contributed by atoms with Gasteiger partial charge in [-0.15, -0.1) is 0 Å². The first-order valence-electron chi connectivity index (χ1n) is 6.32. The number of hydrogen-bond donors (Lipinski definition) is 1. The highest BCUT2D eigenvalue weighted by atomic mass is 35.5. The van der Waals surface area contributed by atoms with Crippen molar-refractivity contribution in [1.29, 1.82) is 0 Å². The molecule has 1 fully saturated rings. The van der Waals surface area contributed by atoms with E-state index in [4.69, 9.17) is 23.2 Å². The third-order valence-electron chi connectivity index (χ3n) is 3.91. The predicted octanol–water partition coefficient (Wildman–Crippen LogP) is 4.76. The minimum atomic E-state index is -0.610. The number of aliphatic hydroxyl groups is 1. The minimum absolute atomic E-state index is 0.199. The highest BCUT2D eigenvalue weighted by Gasteiger charge is 2.51. The first kappa shape index (κ1) is 13.0. The molecular formula is C16H14Cl2O. The van der Waals surface area contributed by atoms with Crippen LogP contribution in [0.5, 0.6) is 0 Å². The number of halogens is 2. The molecule has 0 amide bonds. The number of rotatable bonds is 3. The van der Waals surface area contributed by atoms with E-state index in [9.17, 15) is 5.11 Å². The van der Waals surface area contributed by atoms with Gasteiger partial charge in [0.1, 0.15) is 0 Å². The quantitative estimate of drug-likeness (QED) is 0.865. The van der Waals surface area contributed by atoms with Gasteiger partial charge in [-0.3, -0.25) is 0 Å². The summed E-state index contributed by atoms with van der Waals surface area (Å²) in [5, 5.41) is 11.9. The second kappa shape index (κ2) is 4.82. The fraction of sp³-hybridized carbons (Fsp3) is 0.250. The Hall–Kier alpha value is -1.02. The summed E-state index contributed by atoms with van der Waals surface area (Å²) >= 11 is 12.2. The van der Waals surface area contributed by atoms with Crippen molar-refractivity contribution in [2.75, 3.05) is 0 Å². The van der Waals surface area contributed by atoms with Gasteiger partial charge >= 0.3 is 0 Å². The highest BCUT2D eigenvalue weighted by molar-refractivity contribution is 6.33. The van der Waals surface area contributed by atoms with Crippen molar-refractivity contribution in [3.8, 4) is 0 Å². The summed E-state index contributed by atoms with van der Waals surface area (Å²) in [4.78, 5) is 0. The zero-order chi connectivity index (χ0) is 13.5. The number of aliphatic hydroxyl groups excluding tert-OH is 1. The third-order valence-corrected chi connectivity index (χ3v) is 4.49. The lowest BCUT2D eigenvalue weighted by Crippen LogP contribution is -2.18. The van der Waals surface area contributed by atoms with Crippen LogP contribution in [0.25, 0.3) is 0 Å². The van der Waals surface area contributed by atoms with Crippen molar-refractivity contribution in [1.82, 2.24) is 0 Å². The molecule has 98 valence electrons. The minimum Gasteiger partial charge on any atom is -0.387 e. The molecule has 3 rings (SSSR count). The van der Waals surface area contributed by atoms with E-state index in [1.165, 1.54) is 5.56 Å². The molecule has 0 saturated heterocycles. The van der Waals surface area contributed by atoms with E-state index < -0.39 is 6.10 Å². The van der Waals surface area contributed by atoms with E-state index in [1.54, 1.807) is 18.2 Å². The third kappa shape index (κ3) is 2.27. The zero-order valence-corrected chi connectivity index (χ0v) is 11.8. The Morgan fingerprint density at radius 2 is 1.68 bits per heavy atom. The standard InChI is InChI=1S/C16H14Cl2O/c17-12-6-7-14(18)13(10-12)15(19)16(8-9-16)11-4-2-1-3-5-11/h1-7,10,15,19H,8-9H2. The van der Waals surface area contributed by atoms with Gasteiger partial charge < -0.3 is 5.11 Å². The van der Waals surface area contributed by atoms with Gasteiger partial charge in [0.25, 0.3) is 0 Å². The zero-order valence-electron chi connectivity index (χ0n) is 10.3. The van der Waals surface area contributed by atoms with E-state index in [1.807, 2.05) is 18.2 Å². The van der Waals surface area contributed by atoms with E-state index >= 15 is 0 Å². The van der Waals surface area contributed by atoms with Crippen molar-refractivity contribution >= 4 is 23.2 Å².